The Morgan fingerprint density at radius 1 is 1.50 bits per heavy atom. The maximum Gasteiger partial charge on any atom is 0.339 e. The van der Waals surface area contributed by atoms with E-state index in [1.165, 1.54) is 0 Å². The number of hydrogen-bond donors (Lipinski definition) is 1. The molecule has 0 radical (unpaired) electrons. The predicted molar refractivity (Wildman–Crippen MR) is 62.2 cm³/mol. The van der Waals surface area contributed by atoms with Crippen LogP contribution in [0, 0.1) is 0 Å². The smallest absolute Gasteiger partial charge is 0.339 e. The van der Waals surface area contributed by atoms with Gasteiger partial charge >= 0.3 is 5.97 Å². The summed E-state index contributed by atoms with van der Waals surface area (Å²) in [6.45, 7) is 2.10. The van der Waals surface area contributed by atoms with Crippen LogP contribution in [0.25, 0.3) is 0 Å². The van der Waals surface area contributed by atoms with Gasteiger partial charge in [-0.15, -0.1) is 0 Å². The van der Waals surface area contributed by atoms with Gasteiger partial charge in [0.05, 0.1) is 16.6 Å². The molecule has 3 nitrogen and oxygen atoms in total. The van der Waals surface area contributed by atoms with Crippen molar-refractivity contribution in [3.05, 3.63) is 26.6 Å². The minimum absolute atomic E-state index is 0.345. The highest BCUT2D eigenvalue weighted by molar-refractivity contribution is 9.11. The summed E-state index contributed by atoms with van der Waals surface area (Å²) in [4.78, 5) is 11.4. The number of halogens is 2. The molecule has 0 aliphatic rings. The Bertz CT molecular complexity index is 366. The molecule has 0 heterocycles. The zero-order valence-electron chi connectivity index (χ0n) is 7.51. The van der Waals surface area contributed by atoms with Gasteiger partial charge in [-0.1, -0.05) is 15.9 Å². The number of carbonyl (C=O) groups is 1. The lowest BCUT2D eigenvalue weighted by molar-refractivity contribution is 0.0525. The van der Waals surface area contributed by atoms with Crippen molar-refractivity contribution in [1.29, 1.82) is 0 Å². The first-order valence-corrected chi connectivity index (χ1v) is 5.56. The Hall–Kier alpha value is -0.550. The van der Waals surface area contributed by atoms with Crippen molar-refractivity contribution in [2.75, 3.05) is 12.3 Å². The van der Waals surface area contributed by atoms with Crippen molar-refractivity contribution >= 4 is 43.5 Å². The molecule has 0 aliphatic carbocycles. The van der Waals surface area contributed by atoms with E-state index in [2.05, 4.69) is 31.9 Å². The summed E-state index contributed by atoms with van der Waals surface area (Å²) < 4.78 is 6.19. The maximum atomic E-state index is 11.4. The molecule has 0 atom stereocenters. The molecule has 0 fully saturated rings. The second-order valence-electron chi connectivity index (χ2n) is 2.58. The lowest BCUT2D eigenvalue weighted by atomic mass is 10.2. The van der Waals surface area contributed by atoms with E-state index >= 15 is 0 Å². The fraction of sp³-hybridized carbons (Fsp3) is 0.222. The number of hydrogen-bond acceptors (Lipinski definition) is 3. The van der Waals surface area contributed by atoms with Gasteiger partial charge in [0.2, 0.25) is 0 Å². The highest BCUT2D eigenvalue weighted by Crippen LogP contribution is 2.28. The Morgan fingerprint density at radius 2 is 2.14 bits per heavy atom. The van der Waals surface area contributed by atoms with E-state index < -0.39 is 0 Å². The molecule has 0 saturated carbocycles. The molecule has 0 spiro atoms. The molecule has 0 amide bonds. The summed E-state index contributed by atoms with van der Waals surface area (Å²) in [5, 5.41) is 0. The van der Waals surface area contributed by atoms with Gasteiger partial charge in [-0.05, 0) is 35.0 Å². The minimum Gasteiger partial charge on any atom is -0.462 e. The zero-order valence-corrected chi connectivity index (χ0v) is 10.7. The van der Waals surface area contributed by atoms with E-state index in [0.29, 0.717) is 22.3 Å². The molecule has 0 aliphatic heterocycles. The van der Waals surface area contributed by atoms with E-state index in [-0.39, 0.29) is 5.97 Å². The van der Waals surface area contributed by atoms with Crippen molar-refractivity contribution in [2.24, 2.45) is 0 Å². The van der Waals surface area contributed by atoms with Crippen LogP contribution in [-0.2, 0) is 4.74 Å². The number of rotatable bonds is 2. The molecular formula is C9H9Br2NO2. The number of ether oxygens (including phenoxy) is 1. The minimum atomic E-state index is -0.382. The molecule has 2 N–H and O–H groups in total. The van der Waals surface area contributed by atoms with E-state index in [1.807, 2.05) is 0 Å². The molecule has 5 heteroatoms. The molecule has 14 heavy (non-hydrogen) atoms. The van der Waals surface area contributed by atoms with Gasteiger partial charge in [-0.2, -0.15) is 0 Å². The van der Waals surface area contributed by atoms with E-state index in [9.17, 15) is 4.79 Å². The molecule has 0 bridgehead atoms. The lowest BCUT2D eigenvalue weighted by Crippen LogP contribution is -2.06. The van der Waals surface area contributed by atoms with Crippen molar-refractivity contribution < 1.29 is 9.53 Å². The summed E-state index contributed by atoms with van der Waals surface area (Å²) in [6, 6.07) is 3.38. The third-order valence-electron chi connectivity index (χ3n) is 1.56. The molecule has 0 saturated heterocycles. The molecule has 1 rings (SSSR count). The van der Waals surface area contributed by atoms with Crippen LogP contribution < -0.4 is 5.73 Å². The number of carbonyl (C=O) groups excluding carboxylic acids is 1. The molecule has 0 aromatic heterocycles. The van der Waals surface area contributed by atoms with Crippen molar-refractivity contribution in [1.82, 2.24) is 0 Å². The fourth-order valence-electron chi connectivity index (χ4n) is 0.968. The van der Waals surface area contributed by atoms with Gasteiger partial charge in [0, 0.05) is 10.2 Å². The van der Waals surface area contributed by atoms with Crippen LogP contribution in [0.5, 0.6) is 0 Å². The SMILES string of the molecule is CCOC(=O)c1cc(Br)cc(N)c1Br. The lowest BCUT2D eigenvalue weighted by Gasteiger charge is -2.07. The van der Waals surface area contributed by atoms with E-state index in [1.54, 1.807) is 19.1 Å². The van der Waals surface area contributed by atoms with Gasteiger partial charge < -0.3 is 10.5 Å². The van der Waals surface area contributed by atoms with E-state index in [0.717, 1.165) is 4.47 Å². The topological polar surface area (TPSA) is 52.3 Å². The average molecular weight is 323 g/mol. The van der Waals surface area contributed by atoms with Crippen molar-refractivity contribution in [2.45, 2.75) is 6.92 Å². The number of benzene rings is 1. The van der Waals surface area contributed by atoms with Crippen LogP contribution in [0.15, 0.2) is 21.1 Å². The van der Waals surface area contributed by atoms with Gasteiger partial charge in [-0.3, -0.25) is 0 Å². The summed E-state index contributed by atoms with van der Waals surface area (Å²) in [6.07, 6.45) is 0. The van der Waals surface area contributed by atoms with Gasteiger partial charge in [0.25, 0.3) is 0 Å². The molecule has 0 unspecified atom stereocenters. The van der Waals surface area contributed by atoms with Gasteiger partial charge in [0.15, 0.2) is 0 Å². The highest BCUT2D eigenvalue weighted by atomic mass is 79.9. The fourth-order valence-corrected chi connectivity index (χ4v) is 1.83. The number of anilines is 1. The first-order chi connectivity index (χ1) is 6.56. The standard InChI is InChI=1S/C9H9Br2NO2/c1-2-14-9(13)6-3-5(10)4-7(12)8(6)11/h3-4H,2,12H2,1H3. The Kier molecular flexibility index (Phi) is 3.95. The Morgan fingerprint density at radius 3 is 2.71 bits per heavy atom. The predicted octanol–water partition coefficient (Wildman–Crippen LogP) is 2.97. The maximum absolute atomic E-state index is 11.4. The van der Waals surface area contributed by atoms with Gasteiger partial charge in [-0.25, -0.2) is 4.79 Å². The van der Waals surface area contributed by atoms with Crippen molar-refractivity contribution in [3.63, 3.8) is 0 Å². The van der Waals surface area contributed by atoms with Gasteiger partial charge in [0.1, 0.15) is 0 Å². The van der Waals surface area contributed by atoms with Crippen molar-refractivity contribution in [3.8, 4) is 0 Å². The van der Waals surface area contributed by atoms with Crippen LogP contribution in [0.1, 0.15) is 17.3 Å². The summed E-state index contributed by atoms with van der Waals surface area (Å²) >= 11 is 6.50. The molecule has 1 aromatic rings. The Labute approximate surface area is 98.9 Å². The largest absolute Gasteiger partial charge is 0.462 e. The number of nitrogen functional groups attached to an aromatic ring is 1. The second kappa shape index (κ2) is 4.79. The quantitative estimate of drug-likeness (QED) is 0.672. The normalized spacial score (nSPS) is 9.93. The van der Waals surface area contributed by atoms with Crippen LogP contribution in [0.4, 0.5) is 5.69 Å². The van der Waals surface area contributed by atoms with Crippen LogP contribution in [0.3, 0.4) is 0 Å². The summed E-state index contributed by atoms with van der Waals surface area (Å²) in [5.41, 5.74) is 6.60. The Balaban J connectivity index is 3.13. The second-order valence-corrected chi connectivity index (χ2v) is 4.29. The van der Waals surface area contributed by atoms with Crippen LogP contribution >= 0.6 is 31.9 Å². The first kappa shape index (κ1) is 11.5. The first-order valence-electron chi connectivity index (χ1n) is 3.98. The molecule has 1 aromatic carbocycles. The third kappa shape index (κ3) is 2.48. The zero-order chi connectivity index (χ0) is 10.7. The third-order valence-corrected chi connectivity index (χ3v) is 2.90. The van der Waals surface area contributed by atoms with Crippen LogP contribution in [0.2, 0.25) is 0 Å². The number of esters is 1. The number of nitrogens with two attached hydrogens (primary N) is 1. The van der Waals surface area contributed by atoms with E-state index in [4.69, 9.17) is 10.5 Å². The molecule has 76 valence electrons. The monoisotopic (exact) mass is 321 g/mol. The van der Waals surface area contributed by atoms with Crippen LogP contribution in [-0.4, -0.2) is 12.6 Å². The summed E-state index contributed by atoms with van der Waals surface area (Å²) in [5.74, 6) is -0.382. The summed E-state index contributed by atoms with van der Waals surface area (Å²) in [7, 11) is 0. The highest BCUT2D eigenvalue weighted by Gasteiger charge is 2.13. The average Bonchev–Trinajstić information content (AvgIpc) is 2.11. The molecular weight excluding hydrogens is 314 g/mol.